The van der Waals surface area contributed by atoms with Crippen LogP contribution in [0.15, 0.2) is 23.2 Å². The fourth-order valence-electron chi connectivity index (χ4n) is 3.94. The molecule has 31 heavy (non-hydrogen) atoms. The second-order valence-electron chi connectivity index (χ2n) is 8.19. The van der Waals surface area contributed by atoms with Gasteiger partial charge < -0.3 is 14.8 Å². The molecule has 1 N–H and O–H groups in total. The predicted molar refractivity (Wildman–Crippen MR) is 123 cm³/mol. The molecule has 0 spiro atoms. The Bertz CT molecular complexity index is 1140. The molecular weight excluding hydrogens is 430 g/mol. The Morgan fingerprint density at radius 3 is 2.90 bits per heavy atom. The van der Waals surface area contributed by atoms with E-state index < -0.39 is 0 Å². The van der Waals surface area contributed by atoms with Crippen LogP contribution in [0.25, 0.3) is 10.2 Å². The lowest BCUT2D eigenvalue weighted by molar-refractivity contribution is -0.118. The van der Waals surface area contributed by atoms with Crippen molar-refractivity contribution in [3.8, 4) is 11.5 Å². The van der Waals surface area contributed by atoms with Crippen LogP contribution in [0, 0.1) is 0 Å². The molecule has 162 valence electrons. The first-order valence-corrected chi connectivity index (χ1v) is 12.5. The van der Waals surface area contributed by atoms with Crippen LogP contribution >= 0.6 is 23.1 Å². The van der Waals surface area contributed by atoms with E-state index in [0.717, 1.165) is 45.6 Å². The molecule has 0 saturated carbocycles. The van der Waals surface area contributed by atoms with E-state index in [9.17, 15) is 4.79 Å². The number of rotatable bonds is 6. The topological polar surface area (TPSA) is 73.3 Å². The van der Waals surface area contributed by atoms with Gasteiger partial charge in [0.2, 0.25) is 12.7 Å². The number of benzene rings is 1. The number of hydrogen-bond acceptors (Lipinski definition) is 7. The number of thioether (sulfide) groups is 1. The van der Waals surface area contributed by atoms with Crippen molar-refractivity contribution in [1.29, 1.82) is 0 Å². The number of nitrogens with zero attached hydrogens (tertiary/aromatic N) is 2. The van der Waals surface area contributed by atoms with Crippen molar-refractivity contribution in [3.63, 3.8) is 0 Å². The summed E-state index contributed by atoms with van der Waals surface area (Å²) in [4.78, 5) is 24.8. The maximum Gasteiger partial charge on any atom is 0.231 e. The van der Waals surface area contributed by atoms with Crippen LogP contribution in [0.4, 0.5) is 0 Å². The minimum Gasteiger partial charge on any atom is -0.454 e. The van der Waals surface area contributed by atoms with E-state index in [0.29, 0.717) is 12.3 Å². The van der Waals surface area contributed by atoms with Gasteiger partial charge in [-0.05, 0) is 48.9 Å². The molecule has 3 aromatic rings. The number of amides is 1. The lowest BCUT2D eigenvalue weighted by atomic mass is 9.97. The van der Waals surface area contributed by atoms with Crippen LogP contribution in [0.3, 0.4) is 0 Å². The first-order valence-electron chi connectivity index (χ1n) is 10.7. The van der Waals surface area contributed by atoms with Gasteiger partial charge in [-0.3, -0.25) is 4.79 Å². The lowest BCUT2D eigenvalue weighted by Crippen LogP contribution is -2.24. The highest BCUT2D eigenvalue weighted by Crippen LogP contribution is 2.40. The van der Waals surface area contributed by atoms with Gasteiger partial charge in [0.05, 0.1) is 5.75 Å². The van der Waals surface area contributed by atoms with Crippen molar-refractivity contribution in [2.45, 2.75) is 57.0 Å². The van der Waals surface area contributed by atoms with Crippen molar-refractivity contribution >= 4 is 39.2 Å². The number of carbonyl (C=O) groups is 1. The quantitative estimate of drug-likeness (QED) is 0.424. The molecule has 0 fully saturated rings. The molecule has 0 radical (unpaired) electrons. The maximum atomic E-state index is 12.6. The third-order valence-electron chi connectivity index (χ3n) is 5.58. The third kappa shape index (κ3) is 4.23. The Kier molecular flexibility index (Phi) is 5.75. The molecule has 3 heterocycles. The monoisotopic (exact) mass is 455 g/mol. The highest BCUT2D eigenvalue weighted by atomic mass is 32.2. The molecular formula is C23H25N3O3S2. The van der Waals surface area contributed by atoms with Gasteiger partial charge in [-0.25, -0.2) is 9.97 Å². The number of aromatic nitrogens is 2. The summed E-state index contributed by atoms with van der Waals surface area (Å²) in [5.41, 5.74) is 2.39. The van der Waals surface area contributed by atoms with Gasteiger partial charge in [-0.1, -0.05) is 31.7 Å². The van der Waals surface area contributed by atoms with Gasteiger partial charge >= 0.3 is 0 Å². The minimum atomic E-state index is -0.00961. The van der Waals surface area contributed by atoms with Crippen LogP contribution < -0.4 is 14.8 Å². The summed E-state index contributed by atoms with van der Waals surface area (Å²) in [6.45, 7) is 4.93. The zero-order chi connectivity index (χ0) is 21.4. The molecule has 8 heteroatoms. The summed E-state index contributed by atoms with van der Waals surface area (Å²) >= 11 is 3.33. The Balaban J connectivity index is 1.30. The van der Waals surface area contributed by atoms with E-state index in [1.807, 2.05) is 29.5 Å². The molecule has 6 nitrogen and oxygen atoms in total. The second-order valence-corrected chi connectivity index (χ2v) is 10.2. The number of aryl methyl sites for hydroxylation is 2. The molecule has 0 unspecified atom stereocenters. The molecule has 5 rings (SSSR count). The standard InChI is InChI=1S/C23H25N3O3S2/c1-13(2)21-25-22(20-15-5-3-4-6-18(15)31-23(20)26-21)30-11-19(27)24-10-14-7-8-16-17(9-14)29-12-28-16/h7-9,13H,3-6,10-12H2,1-2H3,(H,24,27). The highest BCUT2D eigenvalue weighted by molar-refractivity contribution is 8.00. The summed E-state index contributed by atoms with van der Waals surface area (Å²) in [5, 5.41) is 5.13. The van der Waals surface area contributed by atoms with Gasteiger partial charge in [0, 0.05) is 22.7 Å². The Morgan fingerprint density at radius 1 is 1.19 bits per heavy atom. The average Bonchev–Trinajstić information content (AvgIpc) is 3.39. The summed E-state index contributed by atoms with van der Waals surface area (Å²) in [7, 11) is 0. The van der Waals surface area contributed by atoms with E-state index in [4.69, 9.17) is 19.4 Å². The van der Waals surface area contributed by atoms with Crippen molar-refractivity contribution in [2.75, 3.05) is 12.5 Å². The summed E-state index contributed by atoms with van der Waals surface area (Å²) in [5.74, 6) is 2.91. The van der Waals surface area contributed by atoms with Gasteiger partial charge in [0.1, 0.15) is 15.7 Å². The van der Waals surface area contributed by atoms with Gasteiger partial charge in [0.15, 0.2) is 11.5 Å². The fraction of sp³-hybridized carbons (Fsp3) is 0.435. The zero-order valence-electron chi connectivity index (χ0n) is 17.7. The first kappa shape index (κ1) is 20.6. The molecule has 0 atom stereocenters. The van der Waals surface area contributed by atoms with Crippen LogP contribution in [-0.2, 0) is 24.2 Å². The van der Waals surface area contributed by atoms with E-state index in [2.05, 4.69) is 19.2 Å². The number of nitrogens with one attached hydrogen (secondary N) is 1. The average molecular weight is 456 g/mol. The molecule has 1 aliphatic carbocycles. The minimum absolute atomic E-state index is 0.00961. The highest BCUT2D eigenvalue weighted by Gasteiger charge is 2.22. The van der Waals surface area contributed by atoms with Gasteiger partial charge in [-0.15, -0.1) is 11.3 Å². The summed E-state index contributed by atoms with van der Waals surface area (Å²) in [6, 6.07) is 5.74. The van der Waals surface area contributed by atoms with E-state index >= 15 is 0 Å². The van der Waals surface area contributed by atoms with Crippen molar-refractivity contribution in [2.24, 2.45) is 0 Å². The van der Waals surface area contributed by atoms with Gasteiger partial charge in [-0.2, -0.15) is 0 Å². The van der Waals surface area contributed by atoms with Crippen molar-refractivity contribution in [1.82, 2.24) is 15.3 Å². The summed E-state index contributed by atoms with van der Waals surface area (Å²) in [6.07, 6.45) is 4.68. The molecule has 1 aromatic carbocycles. The molecule has 1 aliphatic heterocycles. The van der Waals surface area contributed by atoms with Crippen molar-refractivity contribution < 1.29 is 14.3 Å². The lowest BCUT2D eigenvalue weighted by Gasteiger charge is -2.13. The number of hydrogen-bond donors (Lipinski definition) is 1. The smallest absolute Gasteiger partial charge is 0.231 e. The fourth-order valence-corrected chi connectivity index (χ4v) is 6.16. The molecule has 2 aromatic heterocycles. The van der Waals surface area contributed by atoms with Crippen LogP contribution in [-0.4, -0.2) is 28.4 Å². The van der Waals surface area contributed by atoms with E-state index in [1.165, 1.54) is 40.4 Å². The number of fused-ring (bicyclic) bond motifs is 4. The Hall–Kier alpha value is -2.32. The maximum absolute atomic E-state index is 12.6. The Morgan fingerprint density at radius 2 is 2.03 bits per heavy atom. The second kappa shape index (κ2) is 8.67. The van der Waals surface area contributed by atoms with Crippen LogP contribution in [0.5, 0.6) is 11.5 Å². The zero-order valence-corrected chi connectivity index (χ0v) is 19.3. The molecule has 1 amide bonds. The summed E-state index contributed by atoms with van der Waals surface area (Å²) < 4.78 is 10.7. The first-order chi connectivity index (χ1) is 15.1. The van der Waals surface area contributed by atoms with E-state index in [1.54, 1.807) is 0 Å². The van der Waals surface area contributed by atoms with Crippen LogP contribution in [0.1, 0.15) is 54.4 Å². The Labute approximate surface area is 189 Å². The normalized spacial score (nSPS) is 14.8. The molecule has 0 saturated heterocycles. The van der Waals surface area contributed by atoms with Crippen molar-refractivity contribution in [3.05, 3.63) is 40.0 Å². The SMILES string of the molecule is CC(C)c1nc(SCC(=O)NCc2ccc3c(c2)OCO3)c2c3c(sc2n1)CCCC3. The number of thiophene rings is 1. The predicted octanol–water partition coefficient (Wildman–Crippen LogP) is 4.83. The van der Waals surface area contributed by atoms with Gasteiger partial charge in [0.25, 0.3) is 0 Å². The number of carbonyl (C=O) groups excluding carboxylic acids is 1. The van der Waals surface area contributed by atoms with E-state index in [-0.39, 0.29) is 18.6 Å². The molecule has 0 bridgehead atoms. The van der Waals surface area contributed by atoms with Crippen LogP contribution in [0.2, 0.25) is 0 Å². The third-order valence-corrected chi connectivity index (χ3v) is 7.74. The largest absolute Gasteiger partial charge is 0.454 e. The molecule has 2 aliphatic rings. The number of ether oxygens (including phenoxy) is 2.